The number of rotatable bonds is 3. The van der Waals surface area contributed by atoms with Crippen molar-refractivity contribution < 1.29 is 18.7 Å². The molecule has 2 saturated heterocycles. The Hall–Kier alpha value is -2.96. The number of esters is 1. The van der Waals surface area contributed by atoms with Gasteiger partial charge in [-0.1, -0.05) is 6.07 Å². The van der Waals surface area contributed by atoms with Gasteiger partial charge in [0.25, 0.3) is 0 Å². The molecule has 2 aromatic rings. The summed E-state index contributed by atoms with van der Waals surface area (Å²) in [6, 6.07) is 6.94. The third-order valence-electron chi connectivity index (χ3n) is 5.72. The van der Waals surface area contributed by atoms with Crippen LogP contribution >= 0.6 is 0 Å². The monoisotopic (exact) mass is 383 g/mol. The molecule has 0 radical (unpaired) electrons. The zero-order valence-corrected chi connectivity index (χ0v) is 15.8. The molecule has 5 rings (SSSR count). The lowest BCUT2D eigenvalue weighted by atomic mass is 9.74. The number of fused-ring (bicyclic) bond motifs is 2. The number of hydrogen-bond donors (Lipinski definition) is 1. The number of pyridine rings is 1. The van der Waals surface area contributed by atoms with Crippen molar-refractivity contribution in [3.8, 4) is 11.1 Å². The molecule has 28 heavy (non-hydrogen) atoms. The largest absolute Gasteiger partial charge is 0.469 e. The summed E-state index contributed by atoms with van der Waals surface area (Å²) >= 11 is 0. The van der Waals surface area contributed by atoms with Crippen molar-refractivity contribution >= 4 is 17.7 Å². The summed E-state index contributed by atoms with van der Waals surface area (Å²) in [5, 5.41) is 2.94. The second kappa shape index (κ2) is 7.22. The molecule has 2 atom stereocenters. The number of methoxy groups -OCH3 is 1. The van der Waals surface area contributed by atoms with Crippen LogP contribution < -0.4 is 5.32 Å². The number of anilines is 1. The van der Waals surface area contributed by atoms with Crippen LogP contribution in [0.25, 0.3) is 11.1 Å². The molecule has 2 bridgehead atoms. The number of nitrogens with zero attached hydrogens (tertiary/aromatic N) is 2. The van der Waals surface area contributed by atoms with Gasteiger partial charge in [0.15, 0.2) is 0 Å². The first kappa shape index (κ1) is 18.4. The fourth-order valence-electron chi connectivity index (χ4n) is 4.32. The molecule has 1 aromatic heterocycles. The number of carbonyl (C=O) groups is 2. The standard InChI is InChI=1S/C21H22FN3O3/c1-12-3-4-16(8-19(12)14-5-15(22)11-23-10-14)24-21(27)25-17-6-13(20(26)28-2)7-18(25)9-17/h3-5,8,10-11,13,17-18H,6-7,9H2,1-2H3,(H,24,27). The maximum atomic E-state index is 13.5. The van der Waals surface area contributed by atoms with Crippen LogP contribution in [0.3, 0.4) is 0 Å². The van der Waals surface area contributed by atoms with E-state index in [1.165, 1.54) is 13.2 Å². The van der Waals surface area contributed by atoms with Gasteiger partial charge >= 0.3 is 12.0 Å². The number of nitrogens with one attached hydrogen (secondary N) is 1. The van der Waals surface area contributed by atoms with Gasteiger partial charge in [-0.2, -0.15) is 0 Å². The minimum atomic E-state index is -0.403. The predicted molar refractivity (Wildman–Crippen MR) is 102 cm³/mol. The average Bonchev–Trinajstić information content (AvgIpc) is 2.68. The number of amides is 2. The normalized spacial score (nSPS) is 23.0. The number of carbonyl (C=O) groups excluding carboxylic acids is 2. The molecule has 2 amide bonds. The molecule has 3 fully saturated rings. The Bertz CT molecular complexity index is 921. The van der Waals surface area contributed by atoms with Crippen LogP contribution in [0.4, 0.5) is 14.9 Å². The highest BCUT2D eigenvalue weighted by molar-refractivity contribution is 5.91. The number of hydrogen-bond acceptors (Lipinski definition) is 4. The van der Waals surface area contributed by atoms with E-state index in [0.29, 0.717) is 24.1 Å². The van der Waals surface area contributed by atoms with Crippen molar-refractivity contribution in [2.45, 2.75) is 38.3 Å². The van der Waals surface area contributed by atoms with Crippen LogP contribution in [-0.4, -0.2) is 41.1 Å². The Morgan fingerprint density at radius 3 is 2.61 bits per heavy atom. The van der Waals surface area contributed by atoms with Gasteiger partial charge in [0.05, 0.1) is 19.2 Å². The van der Waals surface area contributed by atoms with Crippen molar-refractivity contribution in [1.29, 1.82) is 0 Å². The molecule has 146 valence electrons. The first-order chi connectivity index (χ1) is 13.5. The Morgan fingerprint density at radius 2 is 1.93 bits per heavy atom. The molecule has 1 aromatic carbocycles. The smallest absolute Gasteiger partial charge is 0.322 e. The summed E-state index contributed by atoms with van der Waals surface area (Å²) in [5.74, 6) is -0.717. The fraction of sp³-hybridized carbons (Fsp3) is 0.381. The van der Waals surface area contributed by atoms with E-state index in [1.54, 1.807) is 6.20 Å². The van der Waals surface area contributed by atoms with Crippen molar-refractivity contribution in [1.82, 2.24) is 9.88 Å². The Balaban J connectivity index is 1.48. The van der Waals surface area contributed by atoms with Crippen LogP contribution in [0.5, 0.6) is 0 Å². The number of urea groups is 1. The van der Waals surface area contributed by atoms with Gasteiger partial charge in [0, 0.05) is 29.5 Å². The quantitative estimate of drug-likeness (QED) is 0.820. The highest BCUT2D eigenvalue weighted by Gasteiger charge is 2.49. The minimum absolute atomic E-state index is 0.0696. The second-order valence-electron chi connectivity index (χ2n) is 7.49. The number of aromatic nitrogens is 1. The summed E-state index contributed by atoms with van der Waals surface area (Å²) in [7, 11) is 1.40. The SMILES string of the molecule is COC(=O)C1CC2CC(C1)N2C(=O)Nc1ccc(C)c(-c2cncc(F)c2)c1. The highest BCUT2D eigenvalue weighted by Crippen LogP contribution is 2.42. The van der Waals surface area contributed by atoms with Crippen LogP contribution in [0.2, 0.25) is 0 Å². The summed E-state index contributed by atoms with van der Waals surface area (Å²) in [4.78, 5) is 30.2. The minimum Gasteiger partial charge on any atom is -0.469 e. The van der Waals surface area contributed by atoms with Crippen molar-refractivity contribution in [2.24, 2.45) is 5.92 Å². The number of halogens is 1. The van der Waals surface area contributed by atoms with E-state index in [4.69, 9.17) is 4.74 Å². The zero-order valence-electron chi connectivity index (χ0n) is 15.8. The van der Waals surface area contributed by atoms with E-state index in [2.05, 4.69) is 10.3 Å². The molecule has 1 N–H and O–H groups in total. The second-order valence-corrected chi connectivity index (χ2v) is 7.49. The van der Waals surface area contributed by atoms with E-state index in [1.807, 2.05) is 30.0 Å². The Kier molecular flexibility index (Phi) is 4.75. The van der Waals surface area contributed by atoms with Gasteiger partial charge in [0.2, 0.25) is 0 Å². The van der Waals surface area contributed by atoms with E-state index in [9.17, 15) is 14.0 Å². The summed E-state index contributed by atoms with van der Waals surface area (Å²) in [6.07, 6.45) is 4.98. The van der Waals surface area contributed by atoms with E-state index >= 15 is 0 Å². The number of aryl methyl sites for hydroxylation is 1. The average molecular weight is 383 g/mol. The first-order valence-electron chi connectivity index (χ1n) is 9.35. The van der Waals surface area contributed by atoms with Crippen molar-refractivity contribution in [3.05, 3.63) is 48.0 Å². The molecule has 6 nitrogen and oxygen atoms in total. The molecule has 1 aliphatic carbocycles. The molecular formula is C21H22FN3O3. The summed E-state index contributed by atoms with van der Waals surface area (Å²) < 4.78 is 18.4. The van der Waals surface area contributed by atoms with Gasteiger partial charge in [-0.15, -0.1) is 0 Å². The third kappa shape index (κ3) is 3.32. The lowest BCUT2D eigenvalue weighted by Crippen LogP contribution is -2.64. The summed E-state index contributed by atoms with van der Waals surface area (Å²) in [6.45, 7) is 1.93. The molecular weight excluding hydrogens is 361 g/mol. The van der Waals surface area contributed by atoms with Crippen LogP contribution in [0, 0.1) is 18.7 Å². The molecule has 2 aliphatic heterocycles. The molecule has 3 aliphatic rings. The molecule has 1 saturated carbocycles. The van der Waals surface area contributed by atoms with Gasteiger partial charge in [0.1, 0.15) is 5.82 Å². The maximum Gasteiger partial charge on any atom is 0.322 e. The summed E-state index contributed by atoms with van der Waals surface area (Å²) in [5.41, 5.74) is 3.09. The van der Waals surface area contributed by atoms with Crippen LogP contribution in [0.15, 0.2) is 36.7 Å². The van der Waals surface area contributed by atoms with E-state index in [0.717, 1.165) is 23.7 Å². The third-order valence-corrected chi connectivity index (χ3v) is 5.72. The zero-order chi connectivity index (χ0) is 19.8. The highest BCUT2D eigenvalue weighted by atomic mass is 19.1. The maximum absolute atomic E-state index is 13.5. The number of benzene rings is 1. The van der Waals surface area contributed by atoms with Gasteiger partial charge in [-0.25, -0.2) is 9.18 Å². The lowest BCUT2D eigenvalue weighted by molar-refractivity contribution is -0.151. The predicted octanol–water partition coefficient (Wildman–Crippen LogP) is 3.75. The van der Waals surface area contributed by atoms with Crippen molar-refractivity contribution in [3.63, 3.8) is 0 Å². The Morgan fingerprint density at radius 1 is 1.18 bits per heavy atom. The van der Waals surface area contributed by atoms with Gasteiger partial charge in [-0.05, 0) is 55.5 Å². The van der Waals surface area contributed by atoms with E-state index in [-0.39, 0.29) is 30.0 Å². The van der Waals surface area contributed by atoms with Crippen LogP contribution in [-0.2, 0) is 9.53 Å². The number of ether oxygens (including phenoxy) is 1. The Labute approximate surface area is 162 Å². The molecule has 3 heterocycles. The molecule has 0 spiro atoms. The van der Waals surface area contributed by atoms with Gasteiger partial charge < -0.3 is 15.0 Å². The molecule has 7 heteroatoms. The first-order valence-corrected chi connectivity index (χ1v) is 9.35. The van der Waals surface area contributed by atoms with Gasteiger partial charge in [-0.3, -0.25) is 9.78 Å². The lowest BCUT2D eigenvalue weighted by Gasteiger charge is -2.54. The molecule has 2 unspecified atom stereocenters. The fourth-order valence-corrected chi connectivity index (χ4v) is 4.32. The van der Waals surface area contributed by atoms with Crippen molar-refractivity contribution in [2.75, 3.05) is 12.4 Å². The number of piperidine rings is 1. The van der Waals surface area contributed by atoms with E-state index < -0.39 is 5.82 Å². The topological polar surface area (TPSA) is 71.5 Å². The van der Waals surface area contributed by atoms with Crippen LogP contribution in [0.1, 0.15) is 24.8 Å².